The van der Waals surface area contributed by atoms with Crippen LogP contribution in [0.3, 0.4) is 0 Å². The summed E-state index contributed by atoms with van der Waals surface area (Å²) in [6.45, 7) is 3.66. The Morgan fingerprint density at radius 1 is 0.781 bits per heavy atom. The zero-order chi connectivity index (χ0) is 21.7. The molecule has 0 bridgehead atoms. The molecule has 4 aromatic rings. The number of pyridine rings is 1. The topological polar surface area (TPSA) is 71.3 Å². The fourth-order valence-corrected chi connectivity index (χ4v) is 4.81. The van der Waals surface area contributed by atoms with Crippen LogP contribution >= 0.6 is 0 Å². The van der Waals surface area contributed by atoms with E-state index in [1.54, 1.807) is 17.0 Å². The van der Waals surface area contributed by atoms with Crippen molar-refractivity contribution >= 4 is 22.8 Å². The van der Waals surface area contributed by atoms with E-state index < -0.39 is 0 Å². The van der Waals surface area contributed by atoms with Gasteiger partial charge in [0.25, 0.3) is 5.91 Å². The third-order valence-corrected chi connectivity index (χ3v) is 6.38. The second-order valence-electron chi connectivity index (χ2n) is 8.17. The van der Waals surface area contributed by atoms with Crippen LogP contribution < -0.4 is 10.3 Å². The standard InChI is InChI=1S/C25H21N5O2/c31-23-19-8-3-4-9-21(19)30-22(17-6-1-2-7-18(17)24(30)32)20(23)16-28-12-14-29(15-13-28)25-26-10-5-11-27-25/h1-11H,12-16H2. The lowest BCUT2D eigenvalue weighted by Gasteiger charge is -2.34. The van der Waals surface area contributed by atoms with Crippen LogP contribution in [0.1, 0.15) is 15.9 Å². The molecule has 0 atom stereocenters. The number of hydrogen-bond acceptors (Lipinski definition) is 6. The number of rotatable bonds is 3. The molecular formula is C25H21N5O2. The van der Waals surface area contributed by atoms with Crippen molar-refractivity contribution in [2.45, 2.75) is 6.54 Å². The summed E-state index contributed by atoms with van der Waals surface area (Å²) in [7, 11) is 0. The Morgan fingerprint density at radius 3 is 2.25 bits per heavy atom. The fraction of sp³-hybridized carbons (Fsp3) is 0.200. The van der Waals surface area contributed by atoms with E-state index in [4.69, 9.17) is 0 Å². The molecule has 0 saturated carbocycles. The molecule has 1 fully saturated rings. The van der Waals surface area contributed by atoms with Crippen molar-refractivity contribution in [2.75, 3.05) is 31.1 Å². The number of carbonyl (C=O) groups is 1. The number of piperazine rings is 1. The molecular weight excluding hydrogens is 402 g/mol. The van der Waals surface area contributed by atoms with Gasteiger partial charge in [-0.3, -0.25) is 19.1 Å². The first-order chi connectivity index (χ1) is 15.7. The second kappa shape index (κ2) is 7.39. The van der Waals surface area contributed by atoms with Crippen LogP contribution in [0.2, 0.25) is 0 Å². The van der Waals surface area contributed by atoms with Gasteiger partial charge in [0.2, 0.25) is 5.95 Å². The highest BCUT2D eigenvalue weighted by atomic mass is 16.2. The van der Waals surface area contributed by atoms with Gasteiger partial charge in [0, 0.05) is 67.2 Å². The first kappa shape index (κ1) is 18.9. The van der Waals surface area contributed by atoms with Gasteiger partial charge in [-0.05, 0) is 24.3 Å². The molecule has 6 rings (SSSR count). The van der Waals surface area contributed by atoms with E-state index in [-0.39, 0.29) is 11.3 Å². The summed E-state index contributed by atoms with van der Waals surface area (Å²) in [6.07, 6.45) is 3.50. The highest BCUT2D eigenvalue weighted by Gasteiger charge is 2.32. The number of nitrogens with zero attached hydrogens (tertiary/aromatic N) is 5. The maximum absolute atomic E-state index is 13.6. The minimum absolute atomic E-state index is 0.00479. The quantitative estimate of drug-likeness (QED) is 0.444. The number of para-hydroxylation sites is 1. The van der Waals surface area contributed by atoms with Gasteiger partial charge in [0.05, 0.1) is 11.2 Å². The van der Waals surface area contributed by atoms with Gasteiger partial charge in [0.15, 0.2) is 5.43 Å². The fourth-order valence-electron chi connectivity index (χ4n) is 4.81. The van der Waals surface area contributed by atoms with Crippen molar-refractivity contribution in [3.05, 3.63) is 88.3 Å². The van der Waals surface area contributed by atoms with Crippen LogP contribution in [0.4, 0.5) is 5.95 Å². The van der Waals surface area contributed by atoms with E-state index in [9.17, 15) is 9.59 Å². The SMILES string of the molecule is O=C1c2ccccc2-c2c(CN3CCN(c4ncccn4)CC3)c(=O)c3ccccc3n21. The maximum Gasteiger partial charge on any atom is 0.263 e. The van der Waals surface area contributed by atoms with Crippen molar-refractivity contribution in [1.29, 1.82) is 0 Å². The molecule has 1 saturated heterocycles. The molecule has 158 valence electrons. The van der Waals surface area contributed by atoms with E-state index in [0.717, 1.165) is 43.4 Å². The summed E-state index contributed by atoms with van der Waals surface area (Å²) in [5.41, 5.74) is 3.59. The Labute approximate surface area is 184 Å². The van der Waals surface area contributed by atoms with E-state index in [1.165, 1.54) is 0 Å². The van der Waals surface area contributed by atoms with Crippen LogP contribution in [-0.2, 0) is 6.54 Å². The van der Waals surface area contributed by atoms with Gasteiger partial charge >= 0.3 is 0 Å². The molecule has 7 heteroatoms. The highest BCUT2D eigenvalue weighted by Crippen LogP contribution is 2.36. The van der Waals surface area contributed by atoms with E-state index in [2.05, 4.69) is 19.8 Å². The predicted molar refractivity (Wildman–Crippen MR) is 123 cm³/mol. The Morgan fingerprint density at radius 2 is 1.47 bits per heavy atom. The largest absolute Gasteiger partial charge is 0.338 e. The summed E-state index contributed by atoms with van der Waals surface area (Å²) in [4.78, 5) is 40.0. The average Bonchev–Trinajstić information content (AvgIpc) is 3.15. The third kappa shape index (κ3) is 2.85. The van der Waals surface area contributed by atoms with E-state index in [0.29, 0.717) is 28.6 Å². The molecule has 2 aromatic heterocycles. The van der Waals surface area contributed by atoms with Gasteiger partial charge in [0.1, 0.15) is 0 Å². The Balaban J connectivity index is 1.40. The molecule has 0 spiro atoms. The summed E-state index contributed by atoms with van der Waals surface area (Å²) in [5, 5.41) is 0.587. The smallest absolute Gasteiger partial charge is 0.263 e. The van der Waals surface area contributed by atoms with Gasteiger partial charge < -0.3 is 4.90 Å². The average molecular weight is 423 g/mol. The molecule has 2 aromatic carbocycles. The lowest BCUT2D eigenvalue weighted by Crippen LogP contribution is -2.47. The summed E-state index contributed by atoms with van der Waals surface area (Å²) in [6, 6.07) is 16.8. The number of aromatic nitrogens is 3. The van der Waals surface area contributed by atoms with Crippen molar-refractivity contribution < 1.29 is 4.79 Å². The molecule has 32 heavy (non-hydrogen) atoms. The lowest BCUT2D eigenvalue weighted by atomic mass is 10.0. The Bertz CT molecular complexity index is 1410. The van der Waals surface area contributed by atoms with Crippen molar-refractivity contribution in [3.8, 4) is 11.3 Å². The molecule has 0 N–H and O–H groups in total. The minimum Gasteiger partial charge on any atom is -0.338 e. The monoisotopic (exact) mass is 423 g/mol. The third-order valence-electron chi connectivity index (χ3n) is 6.38. The number of anilines is 1. The van der Waals surface area contributed by atoms with E-state index >= 15 is 0 Å². The number of carbonyl (C=O) groups excluding carboxylic acids is 1. The molecule has 0 unspecified atom stereocenters. The Hall–Kier alpha value is -3.84. The maximum atomic E-state index is 13.6. The van der Waals surface area contributed by atoms with Crippen LogP contribution in [0.5, 0.6) is 0 Å². The summed E-state index contributed by atoms with van der Waals surface area (Å²) in [5.74, 6) is 0.664. The zero-order valence-electron chi connectivity index (χ0n) is 17.4. The van der Waals surface area contributed by atoms with Crippen LogP contribution in [0.25, 0.3) is 22.2 Å². The van der Waals surface area contributed by atoms with Crippen LogP contribution in [-0.4, -0.2) is 51.5 Å². The van der Waals surface area contributed by atoms with Gasteiger partial charge in [-0.1, -0.05) is 30.3 Å². The number of benzene rings is 2. The summed E-state index contributed by atoms with van der Waals surface area (Å²) >= 11 is 0. The van der Waals surface area contributed by atoms with Crippen LogP contribution in [0, 0.1) is 0 Å². The predicted octanol–water partition coefficient (Wildman–Crippen LogP) is 2.78. The second-order valence-corrected chi connectivity index (χ2v) is 8.17. The van der Waals surface area contributed by atoms with Crippen molar-refractivity contribution in [3.63, 3.8) is 0 Å². The normalized spacial score (nSPS) is 15.8. The molecule has 7 nitrogen and oxygen atoms in total. The van der Waals surface area contributed by atoms with Gasteiger partial charge in [-0.2, -0.15) is 0 Å². The molecule has 0 aliphatic carbocycles. The van der Waals surface area contributed by atoms with Gasteiger partial charge in [-0.25, -0.2) is 9.97 Å². The van der Waals surface area contributed by atoms with Crippen molar-refractivity contribution in [2.24, 2.45) is 0 Å². The Kier molecular flexibility index (Phi) is 4.36. The zero-order valence-corrected chi connectivity index (χ0v) is 17.4. The molecule has 0 amide bonds. The highest BCUT2D eigenvalue weighted by molar-refractivity contribution is 6.13. The van der Waals surface area contributed by atoms with E-state index in [1.807, 2.05) is 54.6 Å². The molecule has 2 aliphatic heterocycles. The summed E-state index contributed by atoms with van der Waals surface area (Å²) < 4.78 is 1.73. The molecule has 4 heterocycles. The lowest BCUT2D eigenvalue weighted by molar-refractivity contribution is 0.0973. The molecule has 2 aliphatic rings. The van der Waals surface area contributed by atoms with Crippen molar-refractivity contribution in [1.82, 2.24) is 19.4 Å². The molecule has 0 radical (unpaired) electrons. The number of hydrogen-bond donors (Lipinski definition) is 0. The van der Waals surface area contributed by atoms with Gasteiger partial charge in [-0.15, -0.1) is 0 Å². The minimum atomic E-state index is -0.0703. The first-order valence-electron chi connectivity index (χ1n) is 10.8. The van der Waals surface area contributed by atoms with Crippen LogP contribution in [0.15, 0.2) is 71.8 Å². The number of fused-ring (bicyclic) bond motifs is 5. The first-order valence-corrected chi connectivity index (χ1v) is 10.8.